The van der Waals surface area contributed by atoms with Gasteiger partial charge in [-0.05, 0) is 55.0 Å². The zero-order valence-electron chi connectivity index (χ0n) is 21.4. The lowest BCUT2D eigenvalue weighted by Gasteiger charge is -2.37. The number of benzene rings is 2. The van der Waals surface area contributed by atoms with Crippen LogP contribution in [0.25, 0.3) is 0 Å². The van der Waals surface area contributed by atoms with Crippen LogP contribution in [0.15, 0.2) is 84.5 Å². The molecule has 3 aliphatic heterocycles. The number of urea groups is 1. The first kappa shape index (κ1) is 25.9. The second-order valence-electron chi connectivity index (χ2n) is 9.80. The van der Waals surface area contributed by atoms with Gasteiger partial charge in [-0.2, -0.15) is 0 Å². The Morgan fingerprint density at radius 3 is 2.60 bits per heavy atom. The normalized spacial score (nSPS) is 23.2. The Kier molecular flexibility index (Phi) is 6.91. The molecule has 1 saturated heterocycles. The summed E-state index contributed by atoms with van der Waals surface area (Å²) in [6, 6.07) is 17.1. The Morgan fingerprint density at radius 1 is 1.10 bits per heavy atom. The average molecular weight is 558 g/mol. The number of anilines is 2. The van der Waals surface area contributed by atoms with Crippen molar-refractivity contribution >= 4 is 41.0 Å². The van der Waals surface area contributed by atoms with E-state index in [4.69, 9.17) is 4.74 Å². The van der Waals surface area contributed by atoms with E-state index < -0.39 is 23.4 Å². The third kappa shape index (κ3) is 4.89. The van der Waals surface area contributed by atoms with Gasteiger partial charge >= 0.3 is 6.03 Å². The molecule has 0 spiro atoms. The summed E-state index contributed by atoms with van der Waals surface area (Å²) in [5.41, 5.74) is 2.09. The van der Waals surface area contributed by atoms with Gasteiger partial charge in [-0.1, -0.05) is 36.5 Å². The summed E-state index contributed by atoms with van der Waals surface area (Å²) < 4.78 is 5.88. The number of hydrogen-bond donors (Lipinski definition) is 3. The predicted octanol–water partition coefficient (Wildman–Crippen LogP) is 3.51. The Bertz CT molecular complexity index is 1470. The zero-order valence-corrected chi connectivity index (χ0v) is 22.2. The number of hydrogen-bond acceptors (Lipinski definition) is 7. The Balaban J connectivity index is 1.20. The number of carbonyl (C=O) groups excluding carboxylic acids is 3. The van der Waals surface area contributed by atoms with E-state index in [2.05, 4.69) is 22.2 Å². The SMILES string of the molecule is C=CC(=O)N1C[C@H](O)C[C@@H](NC(=O)C2Sc3nccc4c3C2NC(=O)N4c2ccc(Oc3ccccc3)cc2)C1. The van der Waals surface area contributed by atoms with Crippen LogP contribution < -0.4 is 20.3 Å². The largest absolute Gasteiger partial charge is 0.457 e. The molecule has 3 aromatic rings. The Morgan fingerprint density at radius 2 is 1.85 bits per heavy atom. The van der Waals surface area contributed by atoms with Crippen LogP contribution in [0.2, 0.25) is 0 Å². The second-order valence-corrected chi connectivity index (χ2v) is 10.9. The maximum Gasteiger partial charge on any atom is 0.327 e. The van der Waals surface area contributed by atoms with E-state index in [0.29, 0.717) is 34.3 Å². The second kappa shape index (κ2) is 10.7. The van der Waals surface area contributed by atoms with Crippen molar-refractivity contribution in [2.24, 2.45) is 0 Å². The van der Waals surface area contributed by atoms with Gasteiger partial charge in [-0.15, -0.1) is 0 Å². The van der Waals surface area contributed by atoms with E-state index in [9.17, 15) is 19.5 Å². The van der Waals surface area contributed by atoms with Crippen LogP contribution in [-0.2, 0) is 9.59 Å². The van der Waals surface area contributed by atoms with Crippen molar-refractivity contribution in [3.63, 3.8) is 0 Å². The lowest BCUT2D eigenvalue weighted by molar-refractivity contribution is -0.131. The van der Waals surface area contributed by atoms with Gasteiger partial charge in [0.15, 0.2) is 0 Å². The summed E-state index contributed by atoms with van der Waals surface area (Å²) in [7, 11) is 0. The first-order valence-corrected chi connectivity index (χ1v) is 13.8. The number of aromatic nitrogens is 1. The van der Waals surface area contributed by atoms with Gasteiger partial charge < -0.3 is 25.4 Å². The lowest BCUT2D eigenvalue weighted by atomic mass is 9.98. The number of pyridine rings is 1. The number of rotatable bonds is 6. The van der Waals surface area contributed by atoms with Crippen molar-refractivity contribution in [1.82, 2.24) is 20.5 Å². The smallest absolute Gasteiger partial charge is 0.327 e. The molecule has 4 atom stereocenters. The predicted molar refractivity (Wildman–Crippen MR) is 150 cm³/mol. The number of aliphatic hydroxyl groups excluding tert-OH is 1. The third-order valence-electron chi connectivity index (χ3n) is 7.10. The van der Waals surface area contributed by atoms with Crippen molar-refractivity contribution in [3.8, 4) is 11.5 Å². The molecule has 204 valence electrons. The average Bonchev–Trinajstić information content (AvgIpc) is 3.33. The van der Waals surface area contributed by atoms with Gasteiger partial charge in [0, 0.05) is 30.9 Å². The van der Waals surface area contributed by atoms with Gasteiger partial charge in [0.2, 0.25) is 11.8 Å². The summed E-state index contributed by atoms with van der Waals surface area (Å²) >= 11 is 1.29. The van der Waals surface area contributed by atoms with Crippen molar-refractivity contribution in [1.29, 1.82) is 0 Å². The number of amides is 4. The summed E-state index contributed by atoms with van der Waals surface area (Å²) in [5.74, 6) is 0.762. The lowest BCUT2D eigenvalue weighted by Crippen LogP contribution is -2.56. The number of likely N-dealkylation sites (tertiary alicyclic amines) is 1. The molecular weight excluding hydrogens is 530 g/mol. The molecule has 4 amide bonds. The number of nitrogens with one attached hydrogen (secondary N) is 2. The van der Waals surface area contributed by atoms with Gasteiger partial charge in [0.25, 0.3) is 0 Å². The third-order valence-corrected chi connectivity index (χ3v) is 8.39. The molecule has 0 radical (unpaired) electrons. The molecular formula is C29H27N5O5S. The molecule has 11 heteroatoms. The molecule has 2 unspecified atom stereocenters. The monoisotopic (exact) mass is 557 g/mol. The van der Waals surface area contributed by atoms with Gasteiger partial charge in [0.05, 0.1) is 23.5 Å². The van der Waals surface area contributed by atoms with Crippen molar-refractivity contribution in [2.75, 3.05) is 18.0 Å². The van der Waals surface area contributed by atoms with Crippen LogP contribution in [-0.4, -0.2) is 63.3 Å². The molecule has 3 aliphatic rings. The summed E-state index contributed by atoms with van der Waals surface area (Å²) in [4.78, 5) is 46.5. The van der Waals surface area contributed by atoms with Crippen LogP contribution in [0.1, 0.15) is 18.0 Å². The van der Waals surface area contributed by atoms with Gasteiger partial charge in [-0.3, -0.25) is 14.5 Å². The van der Waals surface area contributed by atoms with Gasteiger partial charge in [-0.25, -0.2) is 9.78 Å². The number of β-amino-alcohol motifs (C(OH)–C–C–N with tert-alkyl or cyclic N) is 1. The summed E-state index contributed by atoms with van der Waals surface area (Å²) in [5, 5.41) is 16.2. The Labute approximate surface area is 235 Å². The number of aliphatic hydroxyl groups is 1. The van der Waals surface area contributed by atoms with Crippen molar-refractivity contribution < 1.29 is 24.2 Å². The molecule has 3 N–H and O–H groups in total. The number of carbonyl (C=O) groups is 3. The fourth-order valence-electron chi connectivity index (χ4n) is 5.34. The standard InChI is InChI=1S/C29H27N5O5S/c1-2-23(36)33-15-17(14-19(35)16-33)31-27(37)26-25-24-22(12-13-30-28(24)40-26)34(29(38)32-25)18-8-10-21(11-9-18)39-20-6-4-3-5-7-20/h2-13,17,19,25-26,35H,1,14-16H2,(H,31,37)(H,32,38)/t17-,19-,25?,26?/m1/s1. The van der Waals surface area contributed by atoms with E-state index in [1.807, 2.05) is 42.5 Å². The molecule has 40 heavy (non-hydrogen) atoms. The van der Waals surface area contributed by atoms with Crippen LogP contribution in [0.5, 0.6) is 11.5 Å². The molecule has 1 fully saturated rings. The molecule has 10 nitrogen and oxygen atoms in total. The summed E-state index contributed by atoms with van der Waals surface area (Å²) in [6.07, 6.45) is 2.40. The number of nitrogens with zero attached hydrogens (tertiary/aromatic N) is 3. The fourth-order valence-corrected chi connectivity index (χ4v) is 6.57. The molecule has 6 rings (SSSR count). The molecule has 0 saturated carbocycles. The van der Waals surface area contributed by atoms with E-state index >= 15 is 0 Å². The highest BCUT2D eigenvalue weighted by molar-refractivity contribution is 8.01. The van der Waals surface area contributed by atoms with Crippen molar-refractivity contribution in [2.45, 2.75) is 34.9 Å². The first-order chi connectivity index (χ1) is 19.4. The maximum atomic E-state index is 13.4. The quantitative estimate of drug-likeness (QED) is 0.396. The van der Waals surface area contributed by atoms with Gasteiger partial charge in [0.1, 0.15) is 21.8 Å². The minimum absolute atomic E-state index is 0.196. The van der Waals surface area contributed by atoms with E-state index in [-0.39, 0.29) is 30.9 Å². The topological polar surface area (TPSA) is 124 Å². The molecule has 0 aliphatic carbocycles. The van der Waals surface area contributed by atoms with E-state index in [1.54, 1.807) is 29.3 Å². The first-order valence-electron chi connectivity index (χ1n) is 12.9. The number of thioether (sulfide) groups is 1. The van der Waals surface area contributed by atoms with E-state index in [1.165, 1.54) is 22.7 Å². The van der Waals surface area contributed by atoms with Crippen LogP contribution in [0.3, 0.4) is 0 Å². The highest BCUT2D eigenvalue weighted by Crippen LogP contribution is 2.50. The highest BCUT2D eigenvalue weighted by Gasteiger charge is 2.47. The molecule has 0 bridgehead atoms. The number of ether oxygens (including phenoxy) is 1. The minimum Gasteiger partial charge on any atom is -0.457 e. The van der Waals surface area contributed by atoms with Crippen LogP contribution >= 0.6 is 11.8 Å². The number of piperidine rings is 1. The number of para-hydroxylation sites is 1. The Hall–Kier alpha value is -4.35. The van der Waals surface area contributed by atoms with Crippen LogP contribution in [0, 0.1) is 0 Å². The van der Waals surface area contributed by atoms with Crippen molar-refractivity contribution in [3.05, 3.63) is 85.1 Å². The fraction of sp³-hybridized carbons (Fsp3) is 0.241. The van der Waals surface area contributed by atoms with E-state index in [0.717, 1.165) is 5.56 Å². The maximum absolute atomic E-state index is 13.4. The molecule has 2 aromatic carbocycles. The highest BCUT2D eigenvalue weighted by atomic mass is 32.2. The molecule has 4 heterocycles. The minimum atomic E-state index is -0.753. The zero-order chi connectivity index (χ0) is 27.8. The summed E-state index contributed by atoms with van der Waals surface area (Å²) in [6.45, 7) is 3.97. The molecule has 1 aromatic heterocycles. The van der Waals surface area contributed by atoms with Crippen LogP contribution in [0.4, 0.5) is 16.2 Å².